The predicted octanol–water partition coefficient (Wildman–Crippen LogP) is 5.13. The Kier molecular flexibility index (Phi) is 8.07. The van der Waals surface area contributed by atoms with Crippen LogP contribution in [0.1, 0.15) is 38.3 Å². The van der Waals surface area contributed by atoms with E-state index in [9.17, 15) is 14.9 Å². The maximum atomic E-state index is 12.8. The minimum absolute atomic E-state index is 0.0417. The van der Waals surface area contributed by atoms with Gasteiger partial charge in [0.25, 0.3) is 5.69 Å². The van der Waals surface area contributed by atoms with E-state index < -0.39 is 4.92 Å². The lowest BCUT2D eigenvalue weighted by Gasteiger charge is -2.36. The van der Waals surface area contributed by atoms with Crippen molar-refractivity contribution in [3.8, 4) is 0 Å². The van der Waals surface area contributed by atoms with Crippen LogP contribution < -0.4 is 10.2 Å². The van der Waals surface area contributed by atoms with Gasteiger partial charge in [-0.05, 0) is 22.6 Å². The molecule has 1 fully saturated rings. The third-order valence-electron chi connectivity index (χ3n) is 6.95. The van der Waals surface area contributed by atoms with Gasteiger partial charge in [0.05, 0.1) is 17.8 Å². The van der Waals surface area contributed by atoms with Crippen LogP contribution in [0.3, 0.4) is 0 Å². The second kappa shape index (κ2) is 11.7. The number of carbonyl (C=O) groups excluding carboxylic acids is 1. The van der Waals surface area contributed by atoms with Gasteiger partial charge in [0.1, 0.15) is 0 Å². The van der Waals surface area contributed by atoms with Crippen LogP contribution in [0, 0.1) is 15.5 Å². The van der Waals surface area contributed by atoms with E-state index in [1.165, 1.54) is 12.1 Å². The maximum absolute atomic E-state index is 12.8. The standard InChI is InChI=1S/C29H33ClN8O3/c1-29(2,3)16-24(39)35-12-14-36(15-13-35)28-33-26(31-17-21-6-4-5-7-23(21)30)25-27(34-28)37(19-32-25)18-20-8-10-22(11-9-20)38(40)41/h4-11,19H,12-18H2,1-3H3,(H,31,33,34). The quantitative estimate of drug-likeness (QED) is 0.226. The van der Waals surface area contributed by atoms with Crippen LogP contribution in [0.15, 0.2) is 54.9 Å². The topological polar surface area (TPSA) is 122 Å². The van der Waals surface area contributed by atoms with Crippen LogP contribution in [0.4, 0.5) is 17.5 Å². The van der Waals surface area contributed by atoms with Crippen LogP contribution in [0.5, 0.6) is 0 Å². The molecule has 3 heterocycles. The van der Waals surface area contributed by atoms with Gasteiger partial charge >= 0.3 is 0 Å². The third-order valence-corrected chi connectivity index (χ3v) is 7.32. The molecular formula is C29H33ClN8O3. The van der Waals surface area contributed by atoms with Crippen LogP contribution in [-0.4, -0.2) is 61.4 Å². The molecule has 5 rings (SSSR count). The van der Waals surface area contributed by atoms with E-state index >= 15 is 0 Å². The number of piperazine rings is 1. The first kappa shape index (κ1) is 28.3. The lowest BCUT2D eigenvalue weighted by molar-refractivity contribution is -0.384. The van der Waals surface area contributed by atoms with Crippen LogP contribution in [0.2, 0.25) is 5.02 Å². The number of rotatable bonds is 8. The molecule has 4 aromatic rings. The second-order valence-corrected chi connectivity index (χ2v) is 11.8. The maximum Gasteiger partial charge on any atom is 0.269 e. The summed E-state index contributed by atoms with van der Waals surface area (Å²) < 4.78 is 1.91. The molecule has 0 unspecified atom stereocenters. The van der Waals surface area contributed by atoms with Gasteiger partial charge in [0.2, 0.25) is 11.9 Å². The molecule has 41 heavy (non-hydrogen) atoms. The van der Waals surface area contributed by atoms with E-state index in [2.05, 4.69) is 36.0 Å². The molecule has 11 nitrogen and oxygen atoms in total. The highest BCUT2D eigenvalue weighted by molar-refractivity contribution is 6.31. The summed E-state index contributed by atoms with van der Waals surface area (Å²) in [7, 11) is 0. The van der Waals surface area contributed by atoms with Crippen LogP contribution in [0.25, 0.3) is 11.2 Å². The number of benzene rings is 2. The second-order valence-electron chi connectivity index (χ2n) is 11.4. The number of nitro benzene ring substituents is 1. The molecule has 0 bridgehead atoms. The van der Waals surface area contributed by atoms with Crippen LogP contribution in [-0.2, 0) is 17.9 Å². The van der Waals surface area contributed by atoms with Gasteiger partial charge in [-0.2, -0.15) is 9.97 Å². The molecule has 2 aromatic carbocycles. The van der Waals surface area contributed by atoms with E-state index in [1.54, 1.807) is 18.5 Å². The van der Waals surface area contributed by atoms with Gasteiger partial charge < -0.3 is 19.7 Å². The Hall–Kier alpha value is -4.25. The van der Waals surface area contributed by atoms with E-state index in [-0.39, 0.29) is 17.0 Å². The Morgan fingerprint density at radius 2 is 1.76 bits per heavy atom. The minimum atomic E-state index is -0.413. The lowest BCUT2D eigenvalue weighted by atomic mass is 9.91. The summed E-state index contributed by atoms with van der Waals surface area (Å²) >= 11 is 6.39. The van der Waals surface area contributed by atoms with Crippen molar-refractivity contribution >= 4 is 46.1 Å². The summed E-state index contributed by atoms with van der Waals surface area (Å²) in [5.74, 6) is 1.29. The molecule has 2 aromatic heterocycles. The van der Waals surface area contributed by atoms with Crippen molar-refractivity contribution in [3.05, 3.63) is 81.1 Å². The molecule has 0 saturated carbocycles. The summed E-state index contributed by atoms with van der Waals surface area (Å²) in [4.78, 5) is 41.8. The number of aromatic nitrogens is 4. The Morgan fingerprint density at radius 3 is 2.41 bits per heavy atom. The molecule has 12 heteroatoms. The van der Waals surface area contributed by atoms with E-state index in [1.807, 2.05) is 33.7 Å². The summed E-state index contributed by atoms with van der Waals surface area (Å²) in [6, 6.07) is 14.1. The molecule has 214 valence electrons. The monoisotopic (exact) mass is 576 g/mol. The fourth-order valence-electron chi connectivity index (χ4n) is 4.77. The molecule has 1 aliphatic heterocycles. The summed E-state index contributed by atoms with van der Waals surface area (Å²) in [5.41, 5.74) is 3.04. The normalized spacial score (nSPS) is 14.0. The number of non-ortho nitro benzene ring substituents is 1. The number of nitrogens with one attached hydrogen (secondary N) is 1. The fraction of sp³-hybridized carbons (Fsp3) is 0.379. The van der Waals surface area contributed by atoms with Gasteiger partial charge in [-0.25, -0.2) is 4.98 Å². The summed E-state index contributed by atoms with van der Waals surface area (Å²) in [6.07, 6.45) is 2.21. The fourth-order valence-corrected chi connectivity index (χ4v) is 4.98. The third kappa shape index (κ3) is 6.74. The van der Waals surface area contributed by atoms with Crippen molar-refractivity contribution in [2.24, 2.45) is 5.41 Å². The van der Waals surface area contributed by atoms with E-state index in [0.717, 1.165) is 11.1 Å². The average Bonchev–Trinajstić information content (AvgIpc) is 3.34. The zero-order valence-electron chi connectivity index (χ0n) is 23.4. The van der Waals surface area contributed by atoms with E-state index in [4.69, 9.17) is 21.6 Å². The largest absolute Gasteiger partial charge is 0.364 e. The molecule has 1 amide bonds. The van der Waals surface area contributed by atoms with Gasteiger partial charge in [-0.3, -0.25) is 14.9 Å². The number of nitrogens with zero attached hydrogens (tertiary/aromatic N) is 7. The zero-order valence-corrected chi connectivity index (χ0v) is 24.1. The first-order valence-electron chi connectivity index (χ1n) is 13.5. The van der Waals surface area contributed by atoms with E-state index in [0.29, 0.717) is 73.6 Å². The number of fused-ring (bicyclic) bond motifs is 1. The van der Waals surface area contributed by atoms with Crippen molar-refractivity contribution in [3.63, 3.8) is 0 Å². The number of nitro groups is 1. The summed E-state index contributed by atoms with van der Waals surface area (Å²) in [5, 5.41) is 15.1. The molecular weight excluding hydrogens is 544 g/mol. The molecule has 0 aliphatic carbocycles. The SMILES string of the molecule is CC(C)(C)CC(=O)N1CCN(c2nc(NCc3ccccc3Cl)c3ncn(Cc4ccc([N+](=O)[O-])cc4)c3n2)CC1. The molecule has 1 saturated heterocycles. The van der Waals surface area contributed by atoms with Crippen LogP contribution >= 0.6 is 11.6 Å². The number of imidazole rings is 1. The number of amides is 1. The van der Waals surface area contributed by atoms with Crippen molar-refractivity contribution in [1.29, 1.82) is 0 Å². The number of halogens is 1. The first-order chi connectivity index (χ1) is 19.6. The molecule has 0 spiro atoms. The van der Waals surface area contributed by atoms with Gasteiger partial charge in [-0.1, -0.05) is 62.7 Å². The number of carbonyl (C=O) groups is 1. The average molecular weight is 577 g/mol. The first-order valence-corrected chi connectivity index (χ1v) is 13.9. The Labute approximate surface area is 243 Å². The smallest absolute Gasteiger partial charge is 0.269 e. The highest BCUT2D eigenvalue weighted by Gasteiger charge is 2.27. The number of hydrogen-bond acceptors (Lipinski definition) is 8. The Morgan fingerprint density at radius 1 is 1.05 bits per heavy atom. The molecule has 1 N–H and O–H groups in total. The number of hydrogen-bond donors (Lipinski definition) is 1. The Balaban J connectivity index is 1.42. The molecule has 1 aliphatic rings. The van der Waals surface area contributed by atoms with Crippen molar-refractivity contribution in [2.75, 3.05) is 36.4 Å². The van der Waals surface area contributed by atoms with Gasteiger partial charge in [0.15, 0.2) is 17.0 Å². The highest BCUT2D eigenvalue weighted by Crippen LogP contribution is 2.27. The number of anilines is 2. The molecule has 0 radical (unpaired) electrons. The van der Waals surface area contributed by atoms with Crippen molar-refractivity contribution in [1.82, 2.24) is 24.4 Å². The lowest BCUT2D eigenvalue weighted by Crippen LogP contribution is -2.49. The van der Waals surface area contributed by atoms with Gasteiger partial charge in [-0.15, -0.1) is 0 Å². The Bertz CT molecular complexity index is 1560. The summed E-state index contributed by atoms with van der Waals surface area (Å²) in [6.45, 7) is 9.52. The predicted molar refractivity (Wildman–Crippen MR) is 159 cm³/mol. The van der Waals surface area contributed by atoms with Gasteiger partial charge in [0, 0.05) is 56.3 Å². The van der Waals surface area contributed by atoms with Crippen molar-refractivity contribution < 1.29 is 9.72 Å². The highest BCUT2D eigenvalue weighted by atomic mass is 35.5. The zero-order chi connectivity index (χ0) is 29.1. The minimum Gasteiger partial charge on any atom is -0.364 e. The molecule has 0 atom stereocenters. The van der Waals surface area contributed by atoms with Crippen molar-refractivity contribution in [2.45, 2.75) is 40.3 Å².